The minimum absolute atomic E-state index is 0.0317. The highest BCUT2D eigenvalue weighted by Gasteiger charge is 2.39. The van der Waals surface area contributed by atoms with Gasteiger partial charge in [-0.3, -0.25) is 4.79 Å². The number of oxime groups is 1. The van der Waals surface area contributed by atoms with Crippen LogP contribution in [0.3, 0.4) is 0 Å². The second-order valence-electron chi connectivity index (χ2n) is 6.20. The maximum atomic E-state index is 12.8. The summed E-state index contributed by atoms with van der Waals surface area (Å²) in [6.45, 7) is 0.452. The van der Waals surface area contributed by atoms with Crippen LogP contribution in [0.25, 0.3) is 0 Å². The first-order valence-electron chi connectivity index (χ1n) is 8.58. The van der Waals surface area contributed by atoms with E-state index < -0.39 is 24.7 Å². The van der Waals surface area contributed by atoms with E-state index in [1.54, 1.807) is 12.1 Å². The topological polar surface area (TPSA) is 169 Å². The second kappa shape index (κ2) is 8.72. The third-order valence-electron chi connectivity index (χ3n) is 4.25. The minimum Gasteiger partial charge on any atom is -0.535 e. The number of carbonyl (C=O) groups is 2. The highest BCUT2D eigenvalue weighted by molar-refractivity contribution is 6.68. The molecule has 12 heteroatoms. The van der Waals surface area contributed by atoms with Crippen molar-refractivity contribution >= 4 is 30.3 Å². The average molecular weight is 387 g/mol. The molecule has 0 spiro atoms. The molecule has 1 aromatic rings. The number of Topliss-reactive ketones (excluding diaryl/α,β-unsaturated/α-hetero) is 1. The Morgan fingerprint density at radius 1 is 1.43 bits per heavy atom. The van der Waals surface area contributed by atoms with E-state index in [1.165, 1.54) is 6.07 Å². The molecule has 2 aliphatic rings. The summed E-state index contributed by atoms with van der Waals surface area (Å²) in [6, 6.07) is 4.68. The first-order valence-corrected chi connectivity index (χ1v) is 8.58. The molecule has 0 aliphatic carbocycles. The van der Waals surface area contributed by atoms with Crippen molar-refractivity contribution in [3.05, 3.63) is 29.3 Å². The number of carbonyl (C=O) groups excluding carboxylic acids is 1. The number of carboxylic acid groups (broad SMARTS) is 1. The lowest BCUT2D eigenvalue weighted by molar-refractivity contribution is -0.113. The van der Waals surface area contributed by atoms with E-state index in [1.807, 2.05) is 0 Å². The summed E-state index contributed by atoms with van der Waals surface area (Å²) in [5.74, 6) is -2.06. The number of nitrogens with zero attached hydrogens (tertiary/aromatic N) is 4. The van der Waals surface area contributed by atoms with Gasteiger partial charge in [0.2, 0.25) is 0 Å². The monoisotopic (exact) mass is 387 g/mol. The van der Waals surface area contributed by atoms with Gasteiger partial charge in [0.25, 0.3) is 0 Å². The Bertz CT molecular complexity index is 871. The number of para-hydroxylation sites is 1. The summed E-state index contributed by atoms with van der Waals surface area (Å²) in [5, 5.41) is 34.3. The SMILES string of the molecule is NCCON=C(C(=O)C[C@H]1Cc2cccc(C(=O)O)c2OB1O)C1=NN=NC1. The number of carboxylic acids is 1. The van der Waals surface area contributed by atoms with E-state index in [9.17, 15) is 19.7 Å². The van der Waals surface area contributed by atoms with Crippen LogP contribution in [0.1, 0.15) is 22.3 Å². The molecule has 0 fully saturated rings. The van der Waals surface area contributed by atoms with Crippen LogP contribution in [0.15, 0.2) is 38.8 Å². The Labute approximate surface area is 160 Å². The first kappa shape index (κ1) is 19.6. The van der Waals surface area contributed by atoms with Crippen molar-refractivity contribution in [1.82, 2.24) is 0 Å². The maximum Gasteiger partial charge on any atom is 0.526 e. The standard InChI is InChI=1S/C16H18BN5O6/c18-4-5-27-21-14(12-8-19-22-20-12)13(23)7-10-6-9-2-1-3-11(16(24)25)15(9)28-17(10)26/h1-3,10,26H,4-8,18H2,(H,24,25)/t10-/m1/s1. The molecule has 0 bridgehead atoms. The lowest BCUT2D eigenvalue weighted by atomic mass is 9.64. The number of nitrogens with two attached hydrogens (primary N) is 1. The van der Waals surface area contributed by atoms with Gasteiger partial charge in [0, 0.05) is 18.8 Å². The van der Waals surface area contributed by atoms with Crippen molar-refractivity contribution in [2.24, 2.45) is 26.3 Å². The van der Waals surface area contributed by atoms with Crippen LogP contribution in [-0.4, -0.2) is 60.1 Å². The van der Waals surface area contributed by atoms with Crippen LogP contribution in [-0.2, 0) is 16.1 Å². The summed E-state index contributed by atoms with van der Waals surface area (Å²) in [5.41, 5.74) is 6.15. The molecule has 11 nitrogen and oxygen atoms in total. The van der Waals surface area contributed by atoms with Gasteiger partial charge in [0.05, 0.1) is 5.56 Å². The van der Waals surface area contributed by atoms with Crippen LogP contribution in [0.5, 0.6) is 5.75 Å². The number of benzene rings is 1. The van der Waals surface area contributed by atoms with Crippen molar-refractivity contribution < 1.29 is 29.2 Å². The number of fused-ring (bicyclic) bond motifs is 1. The Morgan fingerprint density at radius 2 is 2.25 bits per heavy atom. The van der Waals surface area contributed by atoms with Crippen molar-refractivity contribution in [2.75, 3.05) is 19.7 Å². The van der Waals surface area contributed by atoms with Crippen molar-refractivity contribution in [3.8, 4) is 5.75 Å². The third kappa shape index (κ3) is 4.23. The Hall–Kier alpha value is -3.12. The summed E-state index contributed by atoms with van der Waals surface area (Å²) >= 11 is 0. The van der Waals surface area contributed by atoms with E-state index in [0.29, 0.717) is 5.56 Å². The summed E-state index contributed by atoms with van der Waals surface area (Å²) in [7, 11) is -1.34. The van der Waals surface area contributed by atoms with Crippen molar-refractivity contribution in [2.45, 2.75) is 18.7 Å². The quantitative estimate of drug-likeness (QED) is 0.249. The van der Waals surface area contributed by atoms with E-state index in [-0.39, 0.29) is 55.3 Å². The molecule has 0 aromatic heterocycles. The zero-order valence-corrected chi connectivity index (χ0v) is 14.8. The average Bonchev–Trinajstić information content (AvgIpc) is 3.19. The van der Waals surface area contributed by atoms with Gasteiger partial charge < -0.3 is 25.4 Å². The molecule has 0 saturated carbocycles. The van der Waals surface area contributed by atoms with Gasteiger partial charge in [-0.1, -0.05) is 17.3 Å². The highest BCUT2D eigenvalue weighted by atomic mass is 16.6. The van der Waals surface area contributed by atoms with Gasteiger partial charge in [-0.05, 0) is 23.3 Å². The van der Waals surface area contributed by atoms with Crippen LogP contribution in [0, 0.1) is 0 Å². The van der Waals surface area contributed by atoms with Gasteiger partial charge >= 0.3 is 13.1 Å². The maximum absolute atomic E-state index is 12.8. The van der Waals surface area contributed by atoms with E-state index in [4.69, 9.17) is 15.2 Å². The normalized spacial score (nSPS) is 18.4. The van der Waals surface area contributed by atoms with Gasteiger partial charge in [0.1, 0.15) is 24.6 Å². The van der Waals surface area contributed by atoms with E-state index in [0.717, 1.165) is 0 Å². The molecule has 0 amide bonds. The van der Waals surface area contributed by atoms with E-state index >= 15 is 0 Å². The van der Waals surface area contributed by atoms with Gasteiger partial charge in [-0.15, -0.1) is 5.10 Å². The molecule has 0 radical (unpaired) electrons. The number of hydrogen-bond acceptors (Lipinski definition) is 10. The molecule has 3 rings (SSSR count). The van der Waals surface area contributed by atoms with Crippen molar-refractivity contribution in [1.29, 1.82) is 0 Å². The molecule has 1 aromatic carbocycles. The Morgan fingerprint density at radius 3 is 2.93 bits per heavy atom. The van der Waals surface area contributed by atoms with Gasteiger partial charge in [-0.2, -0.15) is 5.11 Å². The fourth-order valence-electron chi connectivity index (χ4n) is 2.93. The molecule has 28 heavy (non-hydrogen) atoms. The number of aromatic carboxylic acids is 1. The summed E-state index contributed by atoms with van der Waals surface area (Å²) in [4.78, 5) is 29.1. The molecule has 4 N–H and O–H groups in total. The van der Waals surface area contributed by atoms with Crippen LogP contribution in [0.4, 0.5) is 0 Å². The zero-order valence-electron chi connectivity index (χ0n) is 14.8. The first-order chi connectivity index (χ1) is 13.5. The molecular weight excluding hydrogens is 369 g/mol. The number of ketones is 1. The smallest absolute Gasteiger partial charge is 0.526 e. The lowest BCUT2D eigenvalue weighted by Crippen LogP contribution is -2.37. The summed E-state index contributed by atoms with van der Waals surface area (Å²) < 4.78 is 5.41. The molecule has 2 aliphatic heterocycles. The van der Waals surface area contributed by atoms with Crippen LogP contribution < -0.4 is 10.4 Å². The lowest BCUT2D eigenvalue weighted by Gasteiger charge is -2.28. The molecular formula is C16H18BN5O6. The predicted molar refractivity (Wildman–Crippen MR) is 98.7 cm³/mol. The molecule has 0 unspecified atom stereocenters. The van der Waals surface area contributed by atoms with Gasteiger partial charge in [0.15, 0.2) is 11.5 Å². The largest absolute Gasteiger partial charge is 0.535 e. The second-order valence-corrected chi connectivity index (χ2v) is 6.20. The van der Waals surface area contributed by atoms with Crippen LogP contribution in [0.2, 0.25) is 5.82 Å². The Kier molecular flexibility index (Phi) is 6.11. The van der Waals surface area contributed by atoms with Crippen LogP contribution >= 0.6 is 0 Å². The van der Waals surface area contributed by atoms with Crippen molar-refractivity contribution in [3.63, 3.8) is 0 Å². The predicted octanol–water partition coefficient (Wildman–Crippen LogP) is 0.283. The van der Waals surface area contributed by atoms with Gasteiger partial charge in [-0.25, -0.2) is 4.79 Å². The fourth-order valence-corrected chi connectivity index (χ4v) is 2.93. The third-order valence-corrected chi connectivity index (χ3v) is 4.25. The Balaban J connectivity index is 1.76. The highest BCUT2D eigenvalue weighted by Crippen LogP contribution is 2.36. The summed E-state index contributed by atoms with van der Waals surface area (Å²) in [6.07, 6.45) is 0.156. The van der Waals surface area contributed by atoms with E-state index in [2.05, 4.69) is 20.6 Å². The fraction of sp³-hybridized carbons (Fsp3) is 0.375. The number of hydrogen-bond donors (Lipinski definition) is 3. The minimum atomic E-state index is -1.34. The molecule has 146 valence electrons. The molecule has 2 heterocycles. The zero-order chi connectivity index (χ0) is 20.1. The molecule has 1 atom stereocenters. The molecule has 0 saturated heterocycles. The number of rotatable bonds is 8.